The highest BCUT2D eigenvalue weighted by atomic mass is 35.5. The minimum Gasteiger partial charge on any atom is -0.229 e. The average Bonchev–Trinajstić information content (AvgIpc) is 2.71. The van der Waals surface area contributed by atoms with Crippen LogP contribution in [0.1, 0.15) is 0 Å². The van der Waals surface area contributed by atoms with E-state index in [4.69, 9.17) is 11.6 Å². The van der Waals surface area contributed by atoms with E-state index >= 15 is 0 Å². The molecule has 17 heavy (non-hydrogen) atoms. The molecule has 0 fully saturated rings. The maximum atomic E-state index is 5.96. The second-order valence-electron chi connectivity index (χ2n) is 3.51. The minimum absolute atomic E-state index is 0.760. The molecule has 3 rings (SSSR count). The van der Waals surface area contributed by atoms with Gasteiger partial charge in [0.2, 0.25) is 0 Å². The van der Waals surface area contributed by atoms with Gasteiger partial charge in [-0.1, -0.05) is 41.6 Å². The highest BCUT2D eigenvalue weighted by Crippen LogP contribution is 2.34. The molecule has 0 saturated heterocycles. The number of benzene rings is 2. The Kier molecular flexibility index (Phi) is 3.05. The summed E-state index contributed by atoms with van der Waals surface area (Å²) in [7, 11) is 0. The van der Waals surface area contributed by atoms with Gasteiger partial charge in [0.15, 0.2) is 4.34 Å². The van der Waals surface area contributed by atoms with Crippen LogP contribution >= 0.6 is 34.7 Å². The molecular formula is C13H8ClNS2. The van der Waals surface area contributed by atoms with Gasteiger partial charge in [0.05, 0.1) is 10.2 Å². The van der Waals surface area contributed by atoms with Crippen LogP contribution in [0.25, 0.3) is 10.2 Å². The summed E-state index contributed by atoms with van der Waals surface area (Å²) in [4.78, 5) is 5.70. The standard InChI is InChI=1S/C13H8ClNS2/c14-9-4-3-5-10(8-9)16-13-15-11-6-1-2-7-12(11)17-13/h1-8H. The molecule has 2 aromatic carbocycles. The van der Waals surface area contributed by atoms with Crippen LogP contribution in [0.4, 0.5) is 0 Å². The maximum Gasteiger partial charge on any atom is 0.155 e. The van der Waals surface area contributed by atoms with E-state index in [1.807, 2.05) is 42.5 Å². The summed E-state index contributed by atoms with van der Waals surface area (Å²) in [5.74, 6) is 0. The van der Waals surface area contributed by atoms with Gasteiger partial charge < -0.3 is 0 Å². The smallest absolute Gasteiger partial charge is 0.155 e. The number of halogens is 1. The number of hydrogen-bond acceptors (Lipinski definition) is 3. The Bertz CT molecular complexity index is 630. The van der Waals surface area contributed by atoms with Crippen molar-refractivity contribution in [2.45, 2.75) is 9.24 Å². The van der Waals surface area contributed by atoms with Crippen LogP contribution in [0.15, 0.2) is 57.8 Å². The molecule has 3 aromatic rings. The zero-order valence-electron chi connectivity index (χ0n) is 8.76. The summed E-state index contributed by atoms with van der Waals surface area (Å²) in [6.45, 7) is 0. The number of hydrogen-bond donors (Lipinski definition) is 0. The lowest BCUT2D eigenvalue weighted by Gasteiger charge is -1.97. The van der Waals surface area contributed by atoms with Gasteiger partial charge in [-0.05, 0) is 30.3 Å². The lowest BCUT2D eigenvalue weighted by atomic mass is 10.3. The molecule has 0 N–H and O–H groups in total. The predicted octanol–water partition coefficient (Wildman–Crippen LogP) is 5.10. The van der Waals surface area contributed by atoms with Gasteiger partial charge in [0, 0.05) is 9.92 Å². The third-order valence-corrected chi connectivity index (χ3v) is 4.60. The Balaban J connectivity index is 1.94. The number of para-hydroxylation sites is 1. The fraction of sp³-hybridized carbons (Fsp3) is 0. The molecule has 0 unspecified atom stereocenters. The van der Waals surface area contributed by atoms with E-state index in [0.29, 0.717) is 0 Å². The second kappa shape index (κ2) is 4.69. The highest BCUT2D eigenvalue weighted by molar-refractivity contribution is 8.01. The predicted molar refractivity (Wildman–Crippen MR) is 75.2 cm³/mol. The van der Waals surface area contributed by atoms with Crippen molar-refractivity contribution in [3.8, 4) is 0 Å². The SMILES string of the molecule is Clc1cccc(Sc2nc3ccccc3s2)c1. The van der Waals surface area contributed by atoms with E-state index in [1.54, 1.807) is 23.1 Å². The van der Waals surface area contributed by atoms with E-state index in [1.165, 1.54) is 4.70 Å². The zero-order valence-corrected chi connectivity index (χ0v) is 11.1. The number of rotatable bonds is 2. The number of aromatic nitrogens is 1. The molecule has 1 aromatic heterocycles. The van der Waals surface area contributed by atoms with E-state index in [9.17, 15) is 0 Å². The van der Waals surface area contributed by atoms with Gasteiger partial charge in [-0.25, -0.2) is 4.98 Å². The normalized spacial score (nSPS) is 10.9. The van der Waals surface area contributed by atoms with Crippen LogP contribution in [0.5, 0.6) is 0 Å². The molecule has 1 heterocycles. The van der Waals surface area contributed by atoms with Gasteiger partial charge in [0.1, 0.15) is 0 Å². The first-order valence-electron chi connectivity index (χ1n) is 5.10. The topological polar surface area (TPSA) is 12.9 Å². The van der Waals surface area contributed by atoms with Crippen molar-refractivity contribution in [3.63, 3.8) is 0 Å². The summed E-state index contributed by atoms with van der Waals surface area (Å²) in [6, 6.07) is 16.0. The van der Waals surface area contributed by atoms with E-state index in [-0.39, 0.29) is 0 Å². The van der Waals surface area contributed by atoms with E-state index < -0.39 is 0 Å². The van der Waals surface area contributed by atoms with Crippen molar-refractivity contribution < 1.29 is 0 Å². The van der Waals surface area contributed by atoms with Crippen molar-refractivity contribution in [1.29, 1.82) is 0 Å². The summed E-state index contributed by atoms with van der Waals surface area (Å²) in [5.41, 5.74) is 1.06. The molecule has 0 amide bonds. The Morgan fingerprint density at radius 1 is 1.06 bits per heavy atom. The summed E-state index contributed by atoms with van der Waals surface area (Å²) in [6.07, 6.45) is 0. The fourth-order valence-corrected chi connectivity index (χ4v) is 3.88. The third-order valence-electron chi connectivity index (χ3n) is 2.28. The second-order valence-corrected chi connectivity index (χ2v) is 6.29. The maximum absolute atomic E-state index is 5.96. The van der Waals surface area contributed by atoms with Crippen molar-refractivity contribution in [3.05, 3.63) is 53.6 Å². The first-order valence-corrected chi connectivity index (χ1v) is 7.11. The molecule has 0 saturated carbocycles. The lowest BCUT2D eigenvalue weighted by molar-refractivity contribution is 1.29. The van der Waals surface area contributed by atoms with Crippen molar-refractivity contribution in [1.82, 2.24) is 4.98 Å². The van der Waals surface area contributed by atoms with Crippen molar-refractivity contribution in [2.75, 3.05) is 0 Å². The van der Waals surface area contributed by atoms with Crippen molar-refractivity contribution in [2.24, 2.45) is 0 Å². The molecule has 0 aliphatic heterocycles. The molecule has 4 heteroatoms. The molecular weight excluding hydrogens is 270 g/mol. The number of nitrogens with zero attached hydrogens (tertiary/aromatic N) is 1. The Labute approximate surface area is 112 Å². The molecule has 0 spiro atoms. The molecule has 0 radical (unpaired) electrons. The largest absolute Gasteiger partial charge is 0.229 e. The highest BCUT2D eigenvalue weighted by Gasteiger charge is 2.05. The van der Waals surface area contributed by atoms with Crippen LogP contribution in [0, 0.1) is 0 Å². The van der Waals surface area contributed by atoms with E-state index in [0.717, 1.165) is 19.8 Å². The van der Waals surface area contributed by atoms with Gasteiger partial charge in [-0.2, -0.15) is 0 Å². The first-order chi connectivity index (χ1) is 8.31. The lowest BCUT2D eigenvalue weighted by Crippen LogP contribution is -1.72. The molecule has 84 valence electrons. The van der Waals surface area contributed by atoms with Crippen LogP contribution in [0.3, 0.4) is 0 Å². The fourth-order valence-electron chi connectivity index (χ4n) is 1.53. The summed E-state index contributed by atoms with van der Waals surface area (Å²) < 4.78 is 2.27. The minimum atomic E-state index is 0.760. The van der Waals surface area contributed by atoms with Crippen LogP contribution in [-0.2, 0) is 0 Å². The number of fused-ring (bicyclic) bond motifs is 1. The number of thiazole rings is 1. The quantitative estimate of drug-likeness (QED) is 0.646. The van der Waals surface area contributed by atoms with Crippen molar-refractivity contribution >= 4 is 44.9 Å². The van der Waals surface area contributed by atoms with Crippen LogP contribution < -0.4 is 0 Å². The van der Waals surface area contributed by atoms with Crippen LogP contribution in [-0.4, -0.2) is 4.98 Å². The molecule has 0 aliphatic carbocycles. The van der Waals surface area contributed by atoms with Gasteiger partial charge in [0.25, 0.3) is 0 Å². The van der Waals surface area contributed by atoms with Crippen LogP contribution in [0.2, 0.25) is 5.02 Å². The Morgan fingerprint density at radius 2 is 1.94 bits per heavy atom. The molecule has 1 nitrogen and oxygen atoms in total. The molecule has 0 atom stereocenters. The first kappa shape index (κ1) is 11.1. The van der Waals surface area contributed by atoms with Gasteiger partial charge >= 0.3 is 0 Å². The Morgan fingerprint density at radius 3 is 2.76 bits per heavy atom. The molecule has 0 aliphatic rings. The third kappa shape index (κ3) is 2.46. The van der Waals surface area contributed by atoms with Gasteiger partial charge in [-0.3, -0.25) is 0 Å². The Hall–Kier alpha value is -1.03. The van der Waals surface area contributed by atoms with Gasteiger partial charge in [-0.15, -0.1) is 11.3 Å². The monoisotopic (exact) mass is 277 g/mol. The molecule has 0 bridgehead atoms. The summed E-state index contributed by atoms with van der Waals surface area (Å²) in [5, 5.41) is 0.760. The summed E-state index contributed by atoms with van der Waals surface area (Å²) >= 11 is 9.32. The average molecular weight is 278 g/mol. The van der Waals surface area contributed by atoms with E-state index in [2.05, 4.69) is 11.1 Å². The zero-order chi connectivity index (χ0) is 11.7.